The standard InChI is InChI=1S/C28H23N3O6S/c1-3-36-22-12-8-18(9-13-22)23(32)16-37-28(35)19-6-10-21(11-7-19)31-25(33)14-24(27(31)34)38-26-20(15-29)5-4-17(2)30-26/h4-13,24H,3,14,16H2,1-2H3. The van der Waals surface area contributed by atoms with Gasteiger partial charge in [0, 0.05) is 17.7 Å². The van der Waals surface area contributed by atoms with Gasteiger partial charge in [-0.05, 0) is 74.5 Å². The van der Waals surface area contributed by atoms with Crippen molar-refractivity contribution in [2.24, 2.45) is 0 Å². The van der Waals surface area contributed by atoms with Crippen LogP contribution in [-0.4, -0.2) is 47.0 Å². The zero-order valence-corrected chi connectivity index (χ0v) is 21.5. The lowest BCUT2D eigenvalue weighted by atomic mass is 10.1. The lowest BCUT2D eigenvalue weighted by molar-refractivity contribution is -0.121. The average molecular weight is 530 g/mol. The number of aromatic nitrogens is 1. The number of rotatable bonds is 9. The number of amides is 2. The van der Waals surface area contributed by atoms with Gasteiger partial charge >= 0.3 is 5.97 Å². The lowest BCUT2D eigenvalue weighted by Gasteiger charge is -2.15. The third kappa shape index (κ3) is 5.90. The van der Waals surface area contributed by atoms with Crippen LogP contribution in [0.15, 0.2) is 65.7 Å². The summed E-state index contributed by atoms with van der Waals surface area (Å²) in [7, 11) is 0. The van der Waals surface area contributed by atoms with E-state index in [2.05, 4.69) is 11.1 Å². The predicted octanol–water partition coefficient (Wildman–Crippen LogP) is 4.12. The number of esters is 1. The molecule has 2 heterocycles. The number of nitriles is 1. The molecule has 10 heteroatoms. The van der Waals surface area contributed by atoms with E-state index in [1.165, 1.54) is 24.3 Å². The molecule has 192 valence electrons. The molecule has 3 aromatic rings. The molecule has 1 saturated heterocycles. The highest BCUT2D eigenvalue weighted by Crippen LogP contribution is 2.34. The summed E-state index contributed by atoms with van der Waals surface area (Å²) in [6.45, 7) is 3.71. The Labute approximate surface area is 223 Å². The summed E-state index contributed by atoms with van der Waals surface area (Å²) in [4.78, 5) is 55.9. The molecule has 0 N–H and O–H groups in total. The molecule has 1 aliphatic heterocycles. The average Bonchev–Trinajstić information content (AvgIpc) is 3.20. The fourth-order valence-electron chi connectivity index (χ4n) is 3.76. The Morgan fingerprint density at radius 3 is 2.39 bits per heavy atom. The number of pyridine rings is 1. The van der Waals surface area contributed by atoms with E-state index in [9.17, 15) is 24.4 Å². The monoisotopic (exact) mass is 529 g/mol. The minimum Gasteiger partial charge on any atom is -0.494 e. The number of ether oxygens (including phenoxy) is 2. The Hall–Kier alpha value is -4.49. The largest absolute Gasteiger partial charge is 0.494 e. The van der Waals surface area contributed by atoms with Crippen LogP contribution in [0.3, 0.4) is 0 Å². The number of aryl methyl sites for hydroxylation is 1. The fraction of sp³-hybridized carbons (Fsp3) is 0.214. The zero-order chi connectivity index (χ0) is 27.2. The number of benzene rings is 2. The Morgan fingerprint density at radius 1 is 1.05 bits per heavy atom. The molecule has 0 aliphatic carbocycles. The number of nitrogens with zero attached hydrogens (tertiary/aromatic N) is 3. The lowest BCUT2D eigenvalue weighted by Crippen LogP contribution is -2.31. The molecule has 0 spiro atoms. The second-order valence-electron chi connectivity index (χ2n) is 8.30. The molecule has 9 nitrogen and oxygen atoms in total. The van der Waals surface area contributed by atoms with Crippen LogP contribution in [-0.2, 0) is 14.3 Å². The molecule has 1 atom stereocenters. The summed E-state index contributed by atoms with van der Waals surface area (Å²) in [6.07, 6.45) is -0.0402. The van der Waals surface area contributed by atoms with Crippen molar-refractivity contribution >= 4 is 41.0 Å². The van der Waals surface area contributed by atoms with Crippen molar-refractivity contribution in [3.05, 3.63) is 83.0 Å². The summed E-state index contributed by atoms with van der Waals surface area (Å²) < 4.78 is 10.5. The van der Waals surface area contributed by atoms with Crippen LogP contribution in [0, 0.1) is 18.3 Å². The molecule has 0 bridgehead atoms. The number of imide groups is 1. The number of carbonyl (C=O) groups is 4. The van der Waals surface area contributed by atoms with Crippen molar-refractivity contribution in [2.45, 2.75) is 30.5 Å². The maximum Gasteiger partial charge on any atom is 0.338 e. The van der Waals surface area contributed by atoms with Crippen LogP contribution >= 0.6 is 11.8 Å². The van der Waals surface area contributed by atoms with Crippen LogP contribution in [0.2, 0.25) is 0 Å². The number of anilines is 1. The topological polar surface area (TPSA) is 127 Å². The minimum absolute atomic E-state index is 0.0402. The van der Waals surface area contributed by atoms with E-state index < -0.39 is 29.6 Å². The summed E-state index contributed by atoms with van der Waals surface area (Å²) >= 11 is 1.09. The number of carbonyl (C=O) groups excluding carboxylic acids is 4. The van der Waals surface area contributed by atoms with Crippen LogP contribution in [0.25, 0.3) is 0 Å². The van der Waals surface area contributed by atoms with Gasteiger partial charge in [-0.1, -0.05) is 11.8 Å². The van der Waals surface area contributed by atoms with E-state index in [0.29, 0.717) is 39.9 Å². The second kappa shape index (κ2) is 11.7. The van der Waals surface area contributed by atoms with Gasteiger partial charge in [-0.25, -0.2) is 14.7 Å². The number of hydrogen-bond acceptors (Lipinski definition) is 9. The van der Waals surface area contributed by atoms with Crippen molar-refractivity contribution in [3.63, 3.8) is 0 Å². The van der Waals surface area contributed by atoms with Crippen LogP contribution in [0.1, 0.15) is 45.3 Å². The van der Waals surface area contributed by atoms with Crippen LogP contribution in [0.4, 0.5) is 5.69 Å². The molecular formula is C28H23N3O6S. The maximum absolute atomic E-state index is 13.0. The highest BCUT2D eigenvalue weighted by Gasteiger charge is 2.40. The van der Waals surface area contributed by atoms with Crippen LogP contribution in [0.5, 0.6) is 5.75 Å². The first-order chi connectivity index (χ1) is 18.3. The smallest absolute Gasteiger partial charge is 0.338 e. The van der Waals surface area contributed by atoms with E-state index in [1.807, 2.05) is 6.92 Å². The van der Waals surface area contributed by atoms with E-state index in [-0.39, 0.29) is 17.8 Å². The summed E-state index contributed by atoms with van der Waals surface area (Å²) in [5.41, 5.74) is 1.90. The highest BCUT2D eigenvalue weighted by atomic mass is 32.2. The molecular weight excluding hydrogens is 506 g/mol. The van der Waals surface area contributed by atoms with Crippen molar-refractivity contribution in [1.82, 2.24) is 4.98 Å². The third-order valence-corrected chi connectivity index (χ3v) is 6.85. The van der Waals surface area contributed by atoms with Gasteiger partial charge in [0.1, 0.15) is 16.8 Å². The molecule has 0 saturated carbocycles. The van der Waals surface area contributed by atoms with Gasteiger partial charge in [0.2, 0.25) is 11.8 Å². The van der Waals surface area contributed by atoms with E-state index in [0.717, 1.165) is 16.7 Å². The van der Waals surface area contributed by atoms with Gasteiger partial charge in [0.05, 0.1) is 28.7 Å². The quantitative estimate of drug-likeness (QED) is 0.228. The van der Waals surface area contributed by atoms with E-state index in [1.54, 1.807) is 43.3 Å². The first-order valence-electron chi connectivity index (χ1n) is 11.7. The first kappa shape index (κ1) is 26.6. The van der Waals surface area contributed by atoms with Crippen LogP contribution < -0.4 is 9.64 Å². The number of hydrogen-bond donors (Lipinski definition) is 0. The molecule has 38 heavy (non-hydrogen) atoms. The molecule has 1 aromatic heterocycles. The maximum atomic E-state index is 13.0. The van der Waals surface area contributed by atoms with Gasteiger partial charge in [-0.15, -0.1) is 0 Å². The zero-order valence-electron chi connectivity index (χ0n) is 20.7. The minimum atomic E-state index is -0.720. The fourth-order valence-corrected chi connectivity index (χ4v) is 4.90. The van der Waals surface area contributed by atoms with Gasteiger partial charge in [0.15, 0.2) is 12.4 Å². The summed E-state index contributed by atoms with van der Waals surface area (Å²) in [5, 5.41) is 9.01. The number of thioether (sulfide) groups is 1. The third-order valence-electron chi connectivity index (χ3n) is 5.66. The summed E-state index contributed by atoms with van der Waals surface area (Å²) in [5.74, 6) is -1.26. The van der Waals surface area contributed by atoms with Crippen molar-refractivity contribution in [2.75, 3.05) is 18.1 Å². The molecule has 4 rings (SSSR count). The van der Waals surface area contributed by atoms with Gasteiger partial charge in [0.25, 0.3) is 0 Å². The second-order valence-corrected chi connectivity index (χ2v) is 9.49. The van der Waals surface area contributed by atoms with Crippen molar-refractivity contribution < 1.29 is 28.7 Å². The number of ketones is 1. The predicted molar refractivity (Wildman–Crippen MR) is 139 cm³/mol. The molecule has 1 unspecified atom stereocenters. The van der Waals surface area contributed by atoms with Gasteiger partial charge in [-0.2, -0.15) is 5.26 Å². The van der Waals surface area contributed by atoms with Crippen molar-refractivity contribution in [3.8, 4) is 11.8 Å². The van der Waals surface area contributed by atoms with E-state index >= 15 is 0 Å². The molecule has 2 amide bonds. The molecule has 2 aromatic carbocycles. The Bertz CT molecular complexity index is 1430. The van der Waals surface area contributed by atoms with Crippen molar-refractivity contribution in [1.29, 1.82) is 5.26 Å². The van der Waals surface area contributed by atoms with E-state index in [4.69, 9.17) is 9.47 Å². The molecule has 0 radical (unpaired) electrons. The SMILES string of the molecule is CCOc1ccc(C(=O)COC(=O)c2ccc(N3C(=O)CC(Sc4nc(C)ccc4C#N)C3=O)cc2)cc1. The Kier molecular flexibility index (Phi) is 8.19. The van der Waals surface area contributed by atoms with Gasteiger partial charge < -0.3 is 9.47 Å². The number of Topliss-reactive ketones (excluding diaryl/α,β-unsaturated/α-hetero) is 1. The summed E-state index contributed by atoms with van der Waals surface area (Å²) in [6, 6.07) is 17.7. The highest BCUT2D eigenvalue weighted by molar-refractivity contribution is 8.00. The molecule has 1 aliphatic rings. The Balaban J connectivity index is 1.37. The first-order valence-corrected chi connectivity index (χ1v) is 12.6. The Morgan fingerprint density at radius 2 is 1.74 bits per heavy atom. The molecule has 1 fully saturated rings. The van der Waals surface area contributed by atoms with Gasteiger partial charge in [-0.3, -0.25) is 14.4 Å². The normalized spacial score (nSPS) is 14.8.